The second-order valence-electron chi connectivity index (χ2n) is 5.00. The molecule has 2 rings (SSSR count). The molecule has 1 aliphatic heterocycles. The zero-order valence-electron chi connectivity index (χ0n) is 11.6. The molecule has 8 nitrogen and oxygen atoms in total. The van der Waals surface area contributed by atoms with Crippen LogP contribution < -0.4 is 11.5 Å². The van der Waals surface area contributed by atoms with E-state index in [0.29, 0.717) is 31.0 Å². The highest BCUT2D eigenvalue weighted by Gasteiger charge is 2.24. The minimum Gasteiger partial charge on any atom is -0.395 e. The summed E-state index contributed by atoms with van der Waals surface area (Å²) in [6, 6.07) is 0. The predicted molar refractivity (Wildman–Crippen MR) is 73.9 cm³/mol. The lowest BCUT2D eigenvalue weighted by Crippen LogP contribution is -2.38. The number of aromatic nitrogens is 2. The quantitative estimate of drug-likeness (QED) is 0.651. The minimum atomic E-state index is -0.350. The van der Waals surface area contributed by atoms with E-state index in [1.165, 1.54) is 0 Å². The largest absolute Gasteiger partial charge is 0.395 e. The highest BCUT2D eigenvalue weighted by atomic mass is 16.2. The van der Waals surface area contributed by atoms with E-state index >= 15 is 0 Å². The molecule has 0 radical (unpaired) electrons. The molecule has 1 aliphatic rings. The van der Waals surface area contributed by atoms with Crippen molar-refractivity contribution in [3.8, 4) is 0 Å². The first-order valence-corrected chi connectivity index (χ1v) is 6.59. The molecule has 1 saturated heterocycles. The van der Waals surface area contributed by atoms with E-state index in [9.17, 15) is 9.59 Å². The summed E-state index contributed by atoms with van der Waals surface area (Å²) in [5, 5.41) is 6.67. The molecule has 0 aliphatic carbocycles. The lowest BCUT2D eigenvalue weighted by molar-refractivity contribution is -0.119. The van der Waals surface area contributed by atoms with E-state index in [0.717, 1.165) is 13.0 Å². The molecule has 0 saturated carbocycles. The van der Waals surface area contributed by atoms with E-state index < -0.39 is 0 Å². The Kier molecular flexibility index (Phi) is 4.23. The molecular formula is C12H20N6O2. The lowest BCUT2D eigenvalue weighted by atomic mass is 10.2. The van der Waals surface area contributed by atoms with E-state index in [2.05, 4.69) is 10.2 Å². The molecule has 0 atom stereocenters. The van der Waals surface area contributed by atoms with Crippen LogP contribution in [0.25, 0.3) is 0 Å². The standard InChI is InChI=1S/C12H20N6O2/c1-8-10(14)11(16-15-8)12(20)18-4-2-3-17(5-6-18)7-9(13)19/h2-7,14H2,1H3,(H2,13,19)(H,15,16). The van der Waals surface area contributed by atoms with Crippen LogP contribution in [0, 0.1) is 6.92 Å². The van der Waals surface area contributed by atoms with Gasteiger partial charge in [0.1, 0.15) is 0 Å². The number of nitrogens with one attached hydrogen (secondary N) is 1. The molecule has 5 N–H and O–H groups in total. The number of carbonyl (C=O) groups excluding carboxylic acids is 2. The molecule has 1 aromatic heterocycles. The summed E-state index contributed by atoms with van der Waals surface area (Å²) in [6.07, 6.45) is 0.794. The van der Waals surface area contributed by atoms with Gasteiger partial charge in [-0.1, -0.05) is 0 Å². The van der Waals surface area contributed by atoms with Crippen LogP contribution in [0.3, 0.4) is 0 Å². The Bertz CT molecular complexity index is 512. The first-order chi connectivity index (χ1) is 9.49. The summed E-state index contributed by atoms with van der Waals surface area (Å²) in [6.45, 7) is 4.54. The Hall–Kier alpha value is -2.09. The molecule has 2 heterocycles. The molecular weight excluding hydrogens is 260 g/mol. The van der Waals surface area contributed by atoms with Crippen LogP contribution in [-0.4, -0.2) is 64.5 Å². The number of hydrogen-bond donors (Lipinski definition) is 3. The van der Waals surface area contributed by atoms with Gasteiger partial charge in [-0.3, -0.25) is 19.6 Å². The van der Waals surface area contributed by atoms with Crippen LogP contribution in [0.15, 0.2) is 0 Å². The van der Waals surface area contributed by atoms with Crippen molar-refractivity contribution in [3.63, 3.8) is 0 Å². The number of rotatable bonds is 3. The summed E-state index contributed by atoms with van der Waals surface area (Å²) >= 11 is 0. The van der Waals surface area contributed by atoms with Crippen LogP contribution >= 0.6 is 0 Å². The monoisotopic (exact) mass is 280 g/mol. The number of hydrogen-bond acceptors (Lipinski definition) is 5. The Morgan fingerprint density at radius 2 is 2.05 bits per heavy atom. The summed E-state index contributed by atoms with van der Waals surface area (Å²) in [5.41, 5.74) is 12.4. The van der Waals surface area contributed by atoms with Crippen molar-refractivity contribution in [2.75, 3.05) is 38.5 Å². The third-order valence-corrected chi connectivity index (χ3v) is 3.45. The Morgan fingerprint density at radius 1 is 1.30 bits per heavy atom. The number of aryl methyl sites for hydroxylation is 1. The van der Waals surface area contributed by atoms with Crippen LogP contribution in [-0.2, 0) is 4.79 Å². The second kappa shape index (κ2) is 5.91. The fourth-order valence-corrected chi connectivity index (χ4v) is 2.30. The molecule has 0 bridgehead atoms. The van der Waals surface area contributed by atoms with Crippen molar-refractivity contribution in [1.82, 2.24) is 20.0 Å². The fourth-order valence-electron chi connectivity index (χ4n) is 2.30. The number of nitrogen functional groups attached to an aromatic ring is 1. The lowest BCUT2D eigenvalue weighted by Gasteiger charge is -2.20. The Labute approximate surface area is 117 Å². The molecule has 8 heteroatoms. The summed E-state index contributed by atoms with van der Waals surface area (Å²) in [5.74, 6) is -0.523. The maximum absolute atomic E-state index is 12.4. The number of anilines is 1. The topological polar surface area (TPSA) is 121 Å². The first-order valence-electron chi connectivity index (χ1n) is 6.59. The van der Waals surface area contributed by atoms with Gasteiger partial charge in [-0.15, -0.1) is 0 Å². The van der Waals surface area contributed by atoms with Gasteiger partial charge in [-0.2, -0.15) is 5.10 Å². The Morgan fingerprint density at radius 3 is 2.65 bits per heavy atom. The number of H-pyrrole nitrogens is 1. The zero-order chi connectivity index (χ0) is 14.7. The van der Waals surface area contributed by atoms with Gasteiger partial charge in [0.15, 0.2) is 5.69 Å². The van der Waals surface area contributed by atoms with Gasteiger partial charge in [0.2, 0.25) is 5.91 Å². The third-order valence-electron chi connectivity index (χ3n) is 3.45. The van der Waals surface area contributed by atoms with Gasteiger partial charge in [-0.05, 0) is 13.3 Å². The van der Waals surface area contributed by atoms with Gasteiger partial charge >= 0.3 is 0 Å². The number of aromatic amines is 1. The van der Waals surface area contributed by atoms with Crippen LogP contribution in [0.2, 0.25) is 0 Å². The van der Waals surface area contributed by atoms with Crippen molar-refractivity contribution in [1.29, 1.82) is 0 Å². The van der Waals surface area contributed by atoms with E-state index in [4.69, 9.17) is 11.5 Å². The fraction of sp³-hybridized carbons (Fsp3) is 0.583. The molecule has 110 valence electrons. The average Bonchev–Trinajstić information content (AvgIpc) is 2.61. The highest BCUT2D eigenvalue weighted by molar-refractivity contribution is 5.97. The summed E-state index contributed by atoms with van der Waals surface area (Å²) < 4.78 is 0. The molecule has 1 aromatic rings. The van der Waals surface area contributed by atoms with Crippen molar-refractivity contribution in [2.24, 2.45) is 5.73 Å². The maximum atomic E-state index is 12.4. The van der Waals surface area contributed by atoms with E-state index in [-0.39, 0.29) is 24.1 Å². The zero-order valence-corrected chi connectivity index (χ0v) is 11.6. The molecule has 20 heavy (non-hydrogen) atoms. The van der Waals surface area contributed by atoms with Crippen molar-refractivity contribution in [2.45, 2.75) is 13.3 Å². The SMILES string of the molecule is Cc1[nH]nc(C(=O)N2CCCN(CC(N)=O)CC2)c1N. The van der Waals surface area contributed by atoms with Crippen LogP contribution in [0.4, 0.5) is 5.69 Å². The van der Waals surface area contributed by atoms with Gasteiger partial charge in [0.05, 0.1) is 17.9 Å². The highest BCUT2D eigenvalue weighted by Crippen LogP contribution is 2.16. The summed E-state index contributed by atoms with van der Waals surface area (Å²) in [4.78, 5) is 27.0. The smallest absolute Gasteiger partial charge is 0.276 e. The third kappa shape index (κ3) is 3.08. The van der Waals surface area contributed by atoms with Crippen LogP contribution in [0.5, 0.6) is 0 Å². The second-order valence-corrected chi connectivity index (χ2v) is 5.00. The first kappa shape index (κ1) is 14.3. The molecule has 0 spiro atoms. The van der Waals surface area contributed by atoms with Crippen molar-refractivity contribution >= 4 is 17.5 Å². The minimum absolute atomic E-state index is 0.173. The maximum Gasteiger partial charge on any atom is 0.276 e. The molecule has 0 unspecified atom stereocenters. The Balaban J connectivity index is 2.01. The van der Waals surface area contributed by atoms with E-state index in [1.54, 1.807) is 11.8 Å². The van der Waals surface area contributed by atoms with Crippen LogP contribution in [0.1, 0.15) is 22.6 Å². The predicted octanol–water partition coefficient (Wildman–Crippen LogP) is -1.07. The molecule has 0 aromatic carbocycles. The molecule has 1 fully saturated rings. The number of nitrogens with two attached hydrogens (primary N) is 2. The number of primary amides is 1. The van der Waals surface area contributed by atoms with Gasteiger partial charge in [0, 0.05) is 26.2 Å². The normalized spacial score (nSPS) is 16.9. The van der Waals surface area contributed by atoms with E-state index in [1.807, 2.05) is 4.90 Å². The van der Waals surface area contributed by atoms with Crippen molar-refractivity contribution < 1.29 is 9.59 Å². The summed E-state index contributed by atoms with van der Waals surface area (Å²) in [7, 11) is 0. The number of carbonyl (C=O) groups is 2. The van der Waals surface area contributed by atoms with Crippen molar-refractivity contribution in [3.05, 3.63) is 11.4 Å². The molecule has 2 amide bonds. The average molecular weight is 280 g/mol. The number of amides is 2. The van der Waals surface area contributed by atoms with Gasteiger partial charge in [-0.25, -0.2) is 0 Å². The number of nitrogens with zero attached hydrogens (tertiary/aromatic N) is 3. The van der Waals surface area contributed by atoms with Gasteiger partial charge in [0.25, 0.3) is 5.91 Å². The van der Waals surface area contributed by atoms with Gasteiger partial charge < -0.3 is 16.4 Å².